The molecule has 0 aliphatic carbocycles. The van der Waals surface area contributed by atoms with Crippen LogP contribution in [0.1, 0.15) is 33.6 Å². The Morgan fingerprint density at radius 3 is 2.60 bits per heavy atom. The summed E-state index contributed by atoms with van der Waals surface area (Å²) in [7, 11) is 0. The number of thioether (sulfide) groups is 1. The van der Waals surface area contributed by atoms with Gasteiger partial charge in [-0.25, -0.2) is 4.98 Å². The van der Waals surface area contributed by atoms with Crippen LogP contribution in [0.15, 0.2) is 28.2 Å². The minimum atomic E-state index is -0.0265. The second-order valence-electron chi connectivity index (χ2n) is 7.36. The van der Waals surface area contributed by atoms with E-state index in [4.69, 9.17) is 9.72 Å². The molecule has 1 fully saturated rings. The monoisotopic (exact) mass is 432 g/mol. The number of aromatic nitrogens is 2. The highest BCUT2D eigenvalue weighted by atomic mass is 32.2. The minimum absolute atomic E-state index is 0.0265. The fourth-order valence-electron chi connectivity index (χ4n) is 3.62. The van der Waals surface area contributed by atoms with Crippen molar-refractivity contribution in [3.05, 3.63) is 28.6 Å². The number of morpholine rings is 1. The van der Waals surface area contributed by atoms with E-state index >= 15 is 0 Å². The van der Waals surface area contributed by atoms with E-state index in [9.17, 15) is 9.59 Å². The Morgan fingerprint density at radius 1 is 1.20 bits per heavy atom. The fourth-order valence-corrected chi connectivity index (χ4v) is 4.55. The molecule has 3 rings (SSSR count). The Balaban J connectivity index is 1.93. The maximum atomic E-state index is 13.4. The Hall–Kier alpha value is -2.06. The molecule has 0 bridgehead atoms. The lowest BCUT2D eigenvalue weighted by atomic mass is 10.2. The molecule has 0 saturated carbocycles. The zero-order valence-corrected chi connectivity index (χ0v) is 19.0. The molecule has 164 valence electrons. The van der Waals surface area contributed by atoms with Crippen LogP contribution in [0.5, 0.6) is 0 Å². The van der Waals surface area contributed by atoms with Gasteiger partial charge in [0.25, 0.3) is 5.56 Å². The number of benzene rings is 1. The lowest BCUT2D eigenvalue weighted by Gasteiger charge is -2.29. The molecule has 1 aromatic carbocycles. The summed E-state index contributed by atoms with van der Waals surface area (Å²) in [5, 5.41) is 1.26. The molecule has 0 spiro atoms. The van der Waals surface area contributed by atoms with Crippen molar-refractivity contribution in [2.24, 2.45) is 0 Å². The van der Waals surface area contributed by atoms with Gasteiger partial charge in [0, 0.05) is 38.4 Å². The van der Waals surface area contributed by atoms with Crippen LogP contribution in [-0.4, -0.2) is 65.5 Å². The van der Waals surface area contributed by atoms with Gasteiger partial charge >= 0.3 is 0 Å². The average Bonchev–Trinajstić information content (AvgIpc) is 2.78. The van der Waals surface area contributed by atoms with Crippen LogP contribution in [0.25, 0.3) is 10.9 Å². The topological polar surface area (TPSA) is 67.7 Å². The maximum Gasteiger partial charge on any atom is 0.262 e. The Morgan fingerprint density at radius 2 is 1.93 bits per heavy atom. The van der Waals surface area contributed by atoms with E-state index in [1.165, 1.54) is 11.8 Å². The van der Waals surface area contributed by atoms with Crippen molar-refractivity contribution in [1.82, 2.24) is 14.5 Å². The number of fused-ring (bicyclic) bond motifs is 1. The van der Waals surface area contributed by atoms with Crippen LogP contribution in [-0.2, 0) is 16.1 Å². The zero-order valence-electron chi connectivity index (χ0n) is 18.2. The SMILES string of the molecule is CCCCn1c(SCC(=O)N(CC)CC)nc2ccc(N3CCOCC3)cc2c1=O. The van der Waals surface area contributed by atoms with Crippen molar-refractivity contribution in [2.75, 3.05) is 50.0 Å². The first-order valence-corrected chi connectivity index (χ1v) is 11.8. The van der Waals surface area contributed by atoms with Crippen LogP contribution in [0.2, 0.25) is 0 Å². The van der Waals surface area contributed by atoms with Gasteiger partial charge in [0.2, 0.25) is 5.91 Å². The third-order valence-electron chi connectivity index (χ3n) is 5.46. The van der Waals surface area contributed by atoms with E-state index in [0.717, 1.165) is 31.6 Å². The highest BCUT2D eigenvalue weighted by Crippen LogP contribution is 2.23. The lowest BCUT2D eigenvalue weighted by molar-refractivity contribution is -0.127. The number of anilines is 1. The highest BCUT2D eigenvalue weighted by Gasteiger charge is 2.17. The molecule has 8 heteroatoms. The molecule has 2 heterocycles. The van der Waals surface area contributed by atoms with E-state index in [1.54, 1.807) is 9.47 Å². The Labute approximate surface area is 182 Å². The molecule has 2 aromatic rings. The van der Waals surface area contributed by atoms with Crippen LogP contribution < -0.4 is 10.5 Å². The summed E-state index contributed by atoms with van der Waals surface area (Å²) in [6.45, 7) is 11.1. The lowest BCUT2D eigenvalue weighted by Crippen LogP contribution is -2.36. The zero-order chi connectivity index (χ0) is 21.5. The first-order valence-electron chi connectivity index (χ1n) is 10.9. The summed E-state index contributed by atoms with van der Waals surface area (Å²) in [5.41, 5.74) is 1.69. The maximum absolute atomic E-state index is 13.4. The smallest absolute Gasteiger partial charge is 0.262 e. The predicted octanol–water partition coefficient (Wildman–Crippen LogP) is 2.99. The van der Waals surface area contributed by atoms with Crippen LogP contribution in [0.4, 0.5) is 5.69 Å². The van der Waals surface area contributed by atoms with E-state index in [1.807, 2.05) is 32.0 Å². The number of carbonyl (C=O) groups excluding carboxylic acids is 1. The number of ether oxygens (including phenoxy) is 1. The molecule has 0 N–H and O–H groups in total. The normalized spacial score (nSPS) is 14.3. The molecule has 1 aromatic heterocycles. The standard InChI is InChI=1S/C22H32N4O3S/c1-4-7-10-26-21(28)18-15-17(25-11-13-29-14-12-25)8-9-19(18)23-22(26)30-16-20(27)24(5-2)6-3/h8-9,15H,4-7,10-14,16H2,1-3H3. The summed E-state index contributed by atoms with van der Waals surface area (Å²) < 4.78 is 7.18. The minimum Gasteiger partial charge on any atom is -0.378 e. The first-order chi connectivity index (χ1) is 14.6. The van der Waals surface area contributed by atoms with Gasteiger partial charge in [0.15, 0.2) is 5.16 Å². The molecule has 1 aliphatic heterocycles. The van der Waals surface area contributed by atoms with Gasteiger partial charge in [-0.2, -0.15) is 0 Å². The summed E-state index contributed by atoms with van der Waals surface area (Å²) in [6.07, 6.45) is 1.88. The van der Waals surface area contributed by atoms with Gasteiger partial charge in [-0.15, -0.1) is 0 Å². The molecular formula is C22H32N4O3S. The molecule has 30 heavy (non-hydrogen) atoms. The number of carbonyl (C=O) groups is 1. The van der Waals surface area contributed by atoms with Crippen molar-refractivity contribution in [1.29, 1.82) is 0 Å². The van der Waals surface area contributed by atoms with Crippen molar-refractivity contribution < 1.29 is 9.53 Å². The molecule has 1 aliphatic rings. The molecule has 0 unspecified atom stereocenters. The van der Waals surface area contributed by atoms with E-state index in [0.29, 0.717) is 48.9 Å². The van der Waals surface area contributed by atoms with Gasteiger partial charge in [-0.05, 0) is 38.5 Å². The Bertz CT molecular complexity index is 920. The predicted molar refractivity (Wildman–Crippen MR) is 123 cm³/mol. The first kappa shape index (κ1) is 22.6. The quantitative estimate of drug-likeness (QED) is 0.448. The van der Waals surface area contributed by atoms with Crippen molar-refractivity contribution >= 4 is 34.3 Å². The summed E-state index contributed by atoms with van der Waals surface area (Å²) >= 11 is 1.36. The number of amides is 1. The van der Waals surface area contributed by atoms with Crippen molar-refractivity contribution in [2.45, 2.75) is 45.3 Å². The van der Waals surface area contributed by atoms with Gasteiger partial charge in [0.05, 0.1) is 29.9 Å². The van der Waals surface area contributed by atoms with Crippen molar-refractivity contribution in [3.8, 4) is 0 Å². The Kier molecular flexibility index (Phi) is 8.16. The van der Waals surface area contributed by atoms with Crippen molar-refractivity contribution in [3.63, 3.8) is 0 Å². The number of unbranched alkanes of at least 4 members (excludes halogenated alkanes) is 1. The number of hydrogen-bond acceptors (Lipinski definition) is 6. The largest absolute Gasteiger partial charge is 0.378 e. The fraction of sp³-hybridized carbons (Fsp3) is 0.591. The summed E-state index contributed by atoms with van der Waals surface area (Å²) in [5.74, 6) is 0.362. The molecule has 7 nitrogen and oxygen atoms in total. The van der Waals surface area contributed by atoms with Gasteiger partial charge in [-0.1, -0.05) is 25.1 Å². The van der Waals surface area contributed by atoms with Gasteiger partial charge < -0.3 is 14.5 Å². The van der Waals surface area contributed by atoms with Gasteiger partial charge in [0.1, 0.15) is 0 Å². The molecule has 1 amide bonds. The third kappa shape index (κ3) is 5.16. The molecule has 0 atom stereocenters. The summed E-state index contributed by atoms with van der Waals surface area (Å²) in [6, 6.07) is 5.89. The average molecular weight is 433 g/mol. The molecule has 1 saturated heterocycles. The van der Waals surface area contributed by atoms with E-state index in [-0.39, 0.29) is 17.2 Å². The second kappa shape index (κ2) is 10.8. The number of nitrogens with zero attached hydrogens (tertiary/aromatic N) is 4. The van der Waals surface area contributed by atoms with Crippen LogP contribution in [0, 0.1) is 0 Å². The van der Waals surface area contributed by atoms with E-state index < -0.39 is 0 Å². The number of hydrogen-bond donors (Lipinski definition) is 0. The van der Waals surface area contributed by atoms with E-state index in [2.05, 4.69) is 11.8 Å². The second-order valence-corrected chi connectivity index (χ2v) is 8.30. The summed E-state index contributed by atoms with van der Waals surface area (Å²) in [4.78, 5) is 34.6. The molecule has 0 radical (unpaired) electrons. The highest BCUT2D eigenvalue weighted by molar-refractivity contribution is 7.99. The van der Waals surface area contributed by atoms with Crippen LogP contribution >= 0.6 is 11.8 Å². The van der Waals surface area contributed by atoms with Crippen LogP contribution in [0.3, 0.4) is 0 Å². The molecular weight excluding hydrogens is 400 g/mol. The number of rotatable bonds is 9. The van der Waals surface area contributed by atoms with Gasteiger partial charge in [-0.3, -0.25) is 14.2 Å². The third-order valence-corrected chi connectivity index (χ3v) is 6.42.